The fraction of sp³-hybridized carbons (Fsp3) is 0.692. The highest BCUT2D eigenvalue weighted by Gasteiger charge is 2.21. The van der Waals surface area contributed by atoms with E-state index < -0.39 is 0 Å². The fourth-order valence-electron chi connectivity index (χ4n) is 2.76. The highest BCUT2D eigenvalue weighted by molar-refractivity contribution is 7.12. The number of piperidine rings is 1. The fourth-order valence-corrected chi connectivity index (χ4v) is 3.68. The van der Waals surface area contributed by atoms with E-state index in [4.69, 9.17) is 11.6 Å². The van der Waals surface area contributed by atoms with Gasteiger partial charge in [-0.3, -0.25) is 4.79 Å². The van der Waals surface area contributed by atoms with E-state index in [1.165, 1.54) is 17.8 Å². The Bertz CT molecular complexity index is 427. The molecule has 0 saturated carbocycles. The first kappa shape index (κ1) is 14.8. The molecule has 1 aliphatic heterocycles. The molecule has 4 nitrogen and oxygen atoms in total. The van der Waals surface area contributed by atoms with Crippen molar-refractivity contribution in [2.75, 3.05) is 26.2 Å². The zero-order chi connectivity index (χ0) is 13.8. The number of carbonyl (C=O) groups excluding carboxylic acids is 1. The monoisotopic (exact) mass is 301 g/mol. The quantitative estimate of drug-likeness (QED) is 0.929. The van der Waals surface area contributed by atoms with Gasteiger partial charge >= 0.3 is 0 Å². The molecule has 0 spiro atoms. The van der Waals surface area contributed by atoms with Crippen LogP contribution in [0.25, 0.3) is 0 Å². The van der Waals surface area contributed by atoms with Crippen LogP contribution in [-0.4, -0.2) is 42.0 Å². The minimum Gasteiger partial charge on any atom is -0.350 e. The summed E-state index contributed by atoms with van der Waals surface area (Å²) in [5.41, 5.74) is 1.59. The van der Waals surface area contributed by atoms with Crippen molar-refractivity contribution in [3.8, 4) is 0 Å². The highest BCUT2D eigenvalue weighted by Crippen LogP contribution is 2.20. The topological polar surface area (TPSA) is 45.2 Å². The summed E-state index contributed by atoms with van der Waals surface area (Å²) in [6, 6.07) is 0. The Kier molecular flexibility index (Phi) is 5.19. The maximum atomic E-state index is 11.9. The van der Waals surface area contributed by atoms with E-state index in [-0.39, 0.29) is 5.91 Å². The smallest absolute Gasteiger partial charge is 0.264 e. The van der Waals surface area contributed by atoms with Gasteiger partial charge < -0.3 is 10.2 Å². The summed E-state index contributed by atoms with van der Waals surface area (Å²) in [5.74, 6) is 1.37. The molecule has 6 heteroatoms. The van der Waals surface area contributed by atoms with Crippen LogP contribution in [0, 0.1) is 11.8 Å². The van der Waals surface area contributed by atoms with Crippen LogP contribution in [0.1, 0.15) is 29.9 Å². The highest BCUT2D eigenvalue weighted by atomic mass is 35.5. The maximum Gasteiger partial charge on any atom is 0.264 e. The summed E-state index contributed by atoms with van der Waals surface area (Å²) >= 11 is 7.10. The molecule has 1 amide bonds. The molecule has 0 bridgehead atoms. The summed E-state index contributed by atoms with van der Waals surface area (Å²) in [4.78, 5) is 18.6. The zero-order valence-electron chi connectivity index (χ0n) is 11.4. The van der Waals surface area contributed by atoms with E-state index >= 15 is 0 Å². The second-order valence-electron chi connectivity index (χ2n) is 5.43. The Balaban J connectivity index is 1.75. The van der Waals surface area contributed by atoms with Crippen molar-refractivity contribution in [3.63, 3.8) is 0 Å². The second-order valence-corrected chi connectivity index (χ2v) is 6.65. The van der Waals surface area contributed by atoms with E-state index in [1.807, 2.05) is 0 Å². The number of halogens is 1. The van der Waals surface area contributed by atoms with Crippen LogP contribution in [0.15, 0.2) is 5.51 Å². The number of hydrogen-bond donors (Lipinski definition) is 1. The molecule has 2 atom stereocenters. The lowest BCUT2D eigenvalue weighted by Crippen LogP contribution is -2.42. The maximum absolute atomic E-state index is 11.9. The van der Waals surface area contributed by atoms with E-state index in [0.717, 1.165) is 31.5 Å². The standard InChI is InChI=1S/C13H20ClN3OS/c1-9-5-10(2)7-17(6-9)4-3-15-13(18)11-12(14)16-8-19-11/h8-10H,3-7H2,1-2H3,(H,15,18)/t9-,10+. The Morgan fingerprint density at radius 1 is 1.53 bits per heavy atom. The summed E-state index contributed by atoms with van der Waals surface area (Å²) in [5, 5.41) is 3.20. The lowest BCUT2D eigenvalue weighted by atomic mass is 9.92. The third-order valence-corrected chi connectivity index (χ3v) is 4.61. The lowest BCUT2D eigenvalue weighted by molar-refractivity contribution is 0.0940. The predicted molar refractivity (Wildman–Crippen MR) is 78.8 cm³/mol. The molecular weight excluding hydrogens is 282 g/mol. The molecule has 1 aromatic heterocycles. The molecule has 106 valence electrons. The van der Waals surface area contributed by atoms with Crippen molar-refractivity contribution in [2.24, 2.45) is 11.8 Å². The molecule has 0 radical (unpaired) electrons. The van der Waals surface area contributed by atoms with Crippen LogP contribution < -0.4 is 5.32 Å². The summed E-state index contributed by atoms with van der Waals surface area (Å²) in [6.07, 6.45) is 1.30. The normalized spacial score (nSPS) is 24.4. The average Bonchev–Trinajstić information content (AvgIpc) is 2.74. The third-order valence-electron chi connectivity index (χ3n) is 3.39. The van der Waals surface area contributed by atoms with E-state index in [0.29, 0.717) is 16.6 Å². The Labute approximate surface area is 123 Å². The first-order chi connectivity index (χ1) is 9.06. The molecule has 0 aromatic carbocycles. The number of likely N-dealkylation sites (tertiary alicyclic amines) is 1. The summed E-state index contributed by atoms with van der Waals surface area (Å²) in [7, 11) is 0. The molecule has 1 saturated heterocycles. The van der Waals surface area contributed by atoms with Gasteiger partial charge in [0.05, 0.1) is 5.51 Å². The van der Waals surface area contributed by atoms with Gasteiger partial charge in [-0.2, -0.15) is 0 Å². The van der Waals surface area contributed by atoms with Crippen molar-refractivity contribution in [2.45, 2.75) is 20.3 Å². The van der Waals surface area contributed by atoms with Crippen LogP contribution in [0.2, 0.25) is 5.15 Å². The lowest BCUT2D eigenvalue weighted by Gasteiger charge is -2.34. The molecule has 0 unspecified atom stereocenters. The van der Waals surface area contributed by atoms with Crippen molar-refractivity contribution in [1.29, 1.82) is 0 Å². The minimum atomic E-state index is -0.120. The van der Waals surface area contributed by atoms with Gasteiger partial charge in [0.1, 0.15) is 4.88 Å². The van der Waals surface area contributed by atoms with Gasteiger partial charge in [-0.05, 0) is 18.3 Å². The van der Waals surface area contributed by atoms with E-state index in [1.54, 1.807) is 5.51 Å². The van der Waals surface area contributed by atoms with Gasteiger partial charge in [0.15, 0.2) is 5.15 Å². The first-order valence-corrected chi connectivity index (χ1v) is 7.91. The Morgan fingerprint density at radius 2 is 2.21 bits per heavy atom. The Hall–Kier alpha value is -0.650. The van der Waals surface area contributed by atoms with Crippen LogP contribution >= 0.6 is 22.9 Å². The SMILES string of the molecule is C[C@@H]1C[C@H](C)CN(CCNC(=O)c2scnc2Cl)C1. The van der Waals surface area contributed by atoms with E-state index in [2.05, 4.69) is 29.0 Å². The number of rotatable bonds is 4. The van der Waals surface area contributed by atoms with Gasteiger partial charge in [-0.15, -0.1) is 11.3 Å². The summed E-state index contributed by atoms with van der Waals surface area (Å²) < 4.78 is 0. The Morgan fingerprint density at radius 3 is 2.79 bits per heavy atom. The van der Waals surface area contributed by atoms with Crippen molar-refractivity contribution < 1.29 is 4.79 Å². The molecule has 1 N–H and O–H groups in total. The van der Waals surface area contributed by atoms with Crippen LogP contribution in [0.5, 0.6) is 0 Å². The second kappa shape index (κ2) is 6.68. The van der Waals surface area contributed by atoms with Gasteiger partial charge in [0.25, 0.3) is 5.91 Å². The molecule has 0 aliphatic carbocycles. The van der Waals surface area contributed by atoms with Crippen LogP contribution in [0.4, 0.5) is 0 Å². The number of aromatic nitrogens is 1. The number of nitrogens with one attached hydrogen (secondary N) is 1. The van der Waals surface area contributed by atoms with Crippen LogP contribution in [-0.2, 0) is 0 Å². The van der Waals surface area contributed by atoms with Crippen molar-refractivity contribution in [3.05, 3.63) is 15.5 Å². The van der Waals surface area contributed by atoms with Gasteiger partial charge in [0, 0.05) is 26.2 Å². The largest absolute Gasteiger partial charge is 0.350 e. The molecule has 1 fully saturated rings. The van der Waals surface area contributed by atoms with E-state index in [9.17, 15) is 4.79 Å². The van der Waals surface area contributed by atoms with Gasteiger partial charge in [0.2, 0.25) is 0 Å². The summed E-state index contributed by atoms with van der Waals surface area (Å²) in [6.45, 7) is 8.39. The molecule has 2 heterocycles. The number of carbonyl (C=O) groups is 1. The van der Waals surface area contributed by atoms with Crippen LogP contribution in [0.3, 0.4) is 0 Å². The van der Waals surface area contributed by atoms with Crippen molar-refractivity contribution in [1.82, 2.24) is 15.2 Å². The molecule has 1 aliphatic rings. The molecular formula is C13H20ClN3OS. The number of nitrogens with zero attached hydrogens (tertiary/aromatic N) is 2. The minimum absolute atomic E-state index is 0.120. The predicted octanol–water partition coefficient (Wildman–Crippen LogP) is 2.50. The molecule has 19 heavy (non-hydrogen) atoms. The molecule has 1 aromatic rings. The molecule has 2 rings (SSSR count). The average molecular weight is 302 g/mol. The van der Waals surface area contributed by atoms with Gasteiger partial charge in [-0.1, -0.05) is 25.4 Å². The number of thiazole rings is 1. The van der Waals surface area contributed by atoms with Crippen molar-refractivity contribution >= 4 is 28.8 Å². The number of hydrogen-bond acceptors (Lipinski definition) is 4. The zero-order valence-corrected chi connectivity index (χ0v) is 12.9. The number of amides is 1. The third kappa shape index (κ3) is 4.16. The van der Waals surface area contributed by atoms with Gasteiger partial charge in [-0.25, -0.2) is 4.98 Å². The first-order valence-electron chi connectivity index (χ1n) is 6.65.